The minimum atomic E-state index is 0.0343. The van der Waals surface area contributed by atoms with Gasteiger partial charge in [0, 0.05) is 10.0 Å². The molecule has 0 N–H and O–H groups in total. The number of carbonyl (C=O) groups excluding carboxylic acids is 1. The van der Waals surface area contributed by atoms with Crippen LogP contribution >= 0.6 is 15.9 Å². The monoisotopic (exact) mass is 265 g/mol. The van der Waals surface area contributed by atoms with E-state index in [9.17, 15) is 4.79 Å². The zero-order valence-electron chi connectivity index (χ0n) is 8.01. The lowest BCUT2D eigenvalue weighted by molar-refractivity contribution is 0.101. The van der Waals surface area contributed by atoms with Crippen molar-refractivity contribution in [2.75, 3.05) is 0 Å². The van der Waals surface area contributed by atoms with E-state index in [4.69, 9.17) is 0 Å². The Bertz CT molecular complexity index is 493. The minimum absolute atomic E-state index is 0.0343. The van der Waals surface area contributed by atoms with Gasteiger partial charge in [-0.2, -0.15) is 5.10 Å². The van der Waals surface area contributed by atoms with E-state index < -0.39 is 0 Å². The van der Waals surface area contributed by atoms with Crippen LogP contribution in [0.3, 0.4) is 0 Å². The summed E-state index contributed by atoms with van der Waals surface area (Å²) >= 11 is 3.35. The summed E-state index contributed by atoms with van der Waals surface area (Å²) in [5.41, 5.74) is 1.53. The Hall–Kier alpha value is -1.49. The highest BCUT2D eigenvalue weighted by Crippen LogP contribution is 2.20. The zero-order valence-corrected chi connectivity index (χ0v) is 9.60. The van der Waals surface area contributed by atoms with Crippen LogP contribution < -0.4 is 0 Å². The molecule has 1 aromatic heterocycles. The molecule has 1 heterocycles. The van der Waals surface area contributed by atoms with Crippen LogP contribution in [-0.2, 0) is 0 Å². The standard InChI is InChI=1S/C10H8BrN3O/c1-7(15)9-3-2-8(4-10(9)11)14-6-12-5-13-14/h2-6H,1H3. The smallest absolute Gasteiger partial charge is 0.160 e. The Morgan fingerprint density at radius 2 is 2.27 bits per heavy atom. The fraction of sp³-hybridized carbons (Fsp3) is 0.100. The SMILES string of the molecule is CC(=O)c1ccc(-n2cncn2)cc1Br. The average molecular weight is 266 g/mol. The summed E-state index contributed by atoms with van der Waals surface area (Å²) in [7, 11) is 0. The summed E-state index contributed by atoms with van der Waals surface area (Å²) in [5.74, 6) is 0.0343. The number of aromatic nitrogens is 3. The largest absolute Gasteiger partial charge is 0.294 e. The number of ketones is 1. The molecule has 0 aliphatic rings. The number of nitrogens with zero attached hydrogens (tertiary/aromatic N) is 3. The summed E-state index contributed by atoms with van der Waals surface area (Å²) in [6, 6.07) is 5.44. The lowest BCUT2D eigenvalue weighted by Gasteiger charge is -2.04. The molecule has 0 aliphatic carbocycles. The molecule has 0 spiro atoms. The Morgan fingerprint density at radius 1 is 1.47 bits per heavy atom. The Balaban J connectivity index is 2.47. The van der Waals surface area contributed by atoms with Crippen molar-refractivity contribution in [3.8, 4) is 5.69 Å². The van der Waals surface area contributed by atoms with Gasteiger partial charge in [0.2, 0.25) is 0 Å². The first kappa shape index (κ1) is 10.0. The van der Waals surface area contributed by atoms with Gasteiger partial charge in [-0.05, 0) is 41.1 Å². The molecule has 0 saturated heterocycles. The summed E-state index contributed by atoms with van der Waals surface area (Å²) in [6.07, 6.45) is 3.07. The van der Waals surface area contributed by atoms with Gasteiger partial charge in [0.15, 0.2) is 5.78 Å². The predicted octanol–water partition coefficient (Wildman–Crippen LogP) is 2.23. The van der Waals surface area contributed by atoms with Gasteiger partial charge in [-0.15, -0.1) is 0 Å². The maximum absolute atomic E-state index is 11.2. The molecular weight excluding hydrogens is 258 g/mol. The molecular formula is C10H8BrN3O. The number of carbonyl (C=O) groups is 1. The summed E-state index contributed by atoms with van der Waals surface area (Å²) in [5, 5.41) is 4.00. The van der Waals surface area contributed by atoms with Gasteiger partial charge in [0.1, 0.15) is 12.7 Å². The molecule has 0 amide bonds. The van der Waals surface area contributed by atoms with Crippen molar-refractivity contribution >= 4 is 21.7 Å². The topological polar surface area (TPSA) is 47.8 Å². The number of halogens is 1. The van der Waals surface area contributed by atoms with Gasteiger partial charge < -0.3 is 0 Å². The van der Waals surface area contributed by atoms with E-state index >= 15 is 0 Å². The van der Waals surface area contributed by atoms with Gasteiger partial charge in [0.25, 0.3) is 0 Å². The molecule has 1 aromatic carbocycles. The fourth-order valence-corrected chi connectivity index (χ4v) is 1.92. The second-order valence-corrected chi connectivity index (χ2v) is 3.91. The van der Waals surface area contributed by atoms with Crippen LogP contribution in [0.1, 0.15) is 17.3 Å². The predicted molar refractivity (Wildman–Crippen MR) is 59.1 cm³/mol. The van der Waals surface area contributed by atoms with Crippen LogP contribution in [0.4, 0.5) is 0 Å². The van der Waals surface area contributed by atoms with Crippen molar-refractivity contribution in [1.82, 2.24) is 14.8 Å². The normalized spacial score (nSPS) is 10.3. The van der Waals surface area contributed by atoms with E-state index in [0.717, 1.165) is 10.2 Å². The molecule has 4 nitrogen and oxygen atoms in total. The highest BCUT2D eigenvalue weighted by molar-refractivity contribution is 9.10. The molecule has 0 saturated carbocycles. The third-order valence-corrected chi connectivity index (χ3v) is 2.67. The number of hydrogen-bond acceptors (Lipinski definition) is 3. The van der Waals surface area contributed by atoms with Gasteiger partial charge in [-0.1, -0.05) is 0 Å². The van der Waals surface area contributed by atoms with Crippen molar-refractivity contribution in [2.45, 2.75) is 6.92 Å². The number of benzene rings is 1. The molecule has 15 heavy (non-hydrogen) atoms. The van der Waals surface area contributed by atoms with Crippen molar-refractivity contribution in [3.05, 3.63) is 40.9 Å². The van der Waals surface area contributed by atoms with E-state index in [1.807, 2.05) is 12.1 Å². The molecule has 76 valence electrons. The van der Waals surface area contributed by atoms with E-state index in [2.05, 4.69) is 26.0 Å². The molecule has 0 unspecified atom stereocenters. The van der Waals surface area contributed by atoms with Crippen molar-refractivity contribution in [1.29, 1.82) is 0 Å². The number of hydrogen-bond donors (Lipinski definition) is 0. The third-order valence-electron chi connectivity index (χ3n) is 2.02. The lowest BCUT2D eigenvalue weighted by atomic mass is 10.1. The first-order valence-electron chi connectivity index (χ1n) is 4.34. The van der Waals surface area contributed by atoms with Crippen LogP contribution in [0.25, 0.3) is 5.69 Å². The second kappa shape index (κ2) is 3.94. The Kier molecular flexibility index (Phi) is 2.64. The highest BCUT2D eigenvalue weighted by Gasteiger charge is 2.06. The third kappa shape index (κ3) is 1.97. The molecule has 0 aliphatic heterocycles. The maximum Gasteiger partial charge on any atom is 0.160 e. The Morgan fingerprint density at radius 3 is 2.80 bits per heavy atom. The van der Waals surface area contributed by atoms with Gasteiger partial charge >= 0.3 is 0 Å². The van der Waals surface area contributed by atoms with Crippen molar-refractivity contribution in [2.24, 2.45) is 0 Å². The van der Waals surface area contributed by atoms with Crippen LogP contribution in [0.15, 0.2) is 35.3 Å². The number of Topliss-reactive ketones (excluding diaryl/α,β-unsaturated/α-hetero) is 1. The van der Waals surface area contributed by atoms with Gasteiger partial charge in [-0.3, -0.25) is 4.79 Å². The van der Waals surface area contributed by atoms with Gasteiger partial charge in [0.05, 0.1) is 5.69 Å². The Labute approximate surface area is 95.1 Å². The molecule has 5 heteroatoms. The summed E-state index contributed by atoms with van der Waals surface area (Å²) < 4.78 is 2.40. The van der Waals surface area contributed by atoms with Gasteiger partial charge in [-0.25, -0.2) is 9.67 Å². The van der Waals surface area contributed by atoms with E-state index in [1.54, 1.807) is 17.1 Å². The van der Waals surface area contributed by atoms with Crippen LogP contribution in [-0.4, -0.2) is 20.5 Å². The minimum Gasteiger partial charge on any atom is -0.294 e. The quantitative estimate of drug-likeness (QED) is 0.783. The lowest BCUT2D eigenvalue weighted by Crippen LogP contribution is -1.98. The van der Waals surface area contributed by atoms with Crippen LogP contribution in [0.5, 0.6) is 0 Å². The van der Waals surface area contributed by atoms with E-state index in [0.29, 0.717) is 5.56 Å². The first-order valence-corrected chi connectivity index (χ1v) is 5.13. The molecule has 2 rings (SSSR count). The maximum atomic E-state index is 11.2. The fourth-order valence-electron chi connectivity index (χ4n) is 1.27. The molecule has 0 atom stereocenters. The van der Waals surface area contributed by atoms with E-state index in [1.165, 1.54) is 13.3 Å². The molecule has 0 bridgehead atoms. The molecule has 0 fully saturated rings. The first-order chi connectivity index (χ1) is 7.18. The van der Waals surface area contributed by atoms with Crippen LogP contribution in [0.2, 0.25) is 0 Å². The van der Waals surface area contributed by atoms with E-state index in [-0.39, 0.29) is 5.78 Å². The average Bonchev–Trinajstić information content (AvgIpc) is 2.69. The van der Waals surface area contributed by atoms with Crippen molar-refractivity contribution in [3.63, 3.8) is 0 Å². The molecule has 2 aromatic rings. The van der Waals surface area contributed by atoms with Crippen molar-refractivity contribution < 1.29 is 4.79 Å². The highest BCUT2D eigenvalue weighted by atomic mass is 79.9. The zero-order chi connectivity index (χ0) is 10.8. The van der Waals surface area contributed by atoms with Crippen LogP contribution in [0, 0.1) is 0 Å². The summed E-state index contributed by atoms with van der Waals surface area (Å²) in [4.78, 5) is 15.1. The number of rotatable bonds is 2. The second-order valence-electron chi connectivity index (χ2n) is 3.06. The molecule has 0 radical (unpaired) electrons. The summed E-state index contributed by atoms with van der Waals surface area (Å²) in [6.45, 7) is 1.54.